The summed E-state index contributed by atoms with van der Waals surface area (Å²) in [5.41, 5.74) is 23.0. The molecule has 1 unspecified atom stereocenters. The molecular formula is C58H43N. The minimum absolute atomic E-state index is 0.0902. The first-order valence-electron chi connectivity index (χ1n) is 21.0. The molecule has 1 nitrogen and oxygen atoms in total. The number of rotatable bonds is 5. The van der Waals surface area contributed by atoms with Crippen molar-refractivity contribution in [3.63, 3.8) is 0 Å². The number of hydrogen-bond donors (Lipinski definition) is 0. The zero-order chi connectivity index (χ0) is 39.3. The van der Waals surface area contributed by atoms with Crippen LogP contribution >= 0.6 is 0 Å². The minimum Gasteiger partial charge on any atom is -0.310 e. The van der Waals surface area contributed by atoms with E-state index in [-0.39, 0.29) is 10.8 Å². The van der Waals surface area contributed by atoms with Crippen molar-refractivity contribution in [2.45, 2.75) is 37.0 Å². The first kappa shape index (κ1) is 34.1. The van der Waals surface area contributed by atoms with Gasteiger partial charge < -0.3 is 4.90 Å². The largest absolute Gasteiger partial charge is 0.310 e. The molecule has 0 saturated carbocycles. The van der Waals surface area contributed by atoms with Crippen LogP contribution in [0.2, 0.25) is 0 Å². The zero-order valence-corrected chi connectivity index (χ0v) is 33.4. The highest BCUT2D eigenvalue weighted by Crippen LogP contribution is 2.63. The molecule has 8 aromatic rings. The summed E-state index contributed by atoms with van der Waals surface area (Å²) >= 11 is 0. The zero-order valence-electron chi connectivity index (χ0n) is 33.4. The smallest absolute Gasteiger partial charge is 0.0725 e. The van der Waals surface area contributed by atoms with E-state index < -0.39 is 0 Å². The molecule has 12 rings (SSSR count). The van der Waals surface area contributed by atoms with E-state index in [9.17, 15) is 0 Å². The molecule has 1 spiro atoms. The van der Waals surface area contributed by atoms with Crippen LogP contribution in [0.5, 0.6) is 0 Å². The fraction of sp³-hybridized carbons (Fsp3) is 0.103. The SMILES string of the molecule is CC1(C)c2ccccc2-c2ccc(N(c3ccc(-c4ccc5c(c4)C4(c6ccccc6-c6ccccc64)c4ccccc4-5)cc3)c3ccc(C4C=CC=CC4)cc3)cc21. The Bertz CT molecular complexity index is 2980. The topological polar surface area (TPSA) is 3.24 Å². The summed E-state index contributed by atoms with van der Waals surface area (Å²) in [6, 6.07) is 68.8. The molecule has 4 aliphatic carbocycles. The lowest BCUT2D eigenvalue weighted by atomic mass is 9.70. The lowest BCUT2D eigenvalue weighted by Crippen LogP contribution is -2.25. The third kappa shape index (κ3) is 4.85. The van der Waals surface area contributed by atoms with Crippen LogP contribution in [0.3, 0.4) is 0 Å². The van der Waals surface area contributed by atoms with Crippen molar-refractivity contribution >= 4 is 17.1 Å². The molecule has 0 aromatic heterocycles. The molecule has 4 aliphatic rings. The van der Waals surface area contributed by atoms with Gasteiger partial charge in [0.15, 0.2) is 0 Å². The van der Waals surface area contributed by atoms with Gasteiger partial charge in [0.2, 0.25) is 0 Å². The molecule has 0 N–H and O–H groups in total. The second-order valence-electron chi connectivity index (χ2n) is 17.2. The average molecular weight is 754 g/mol. The third-order valence-corrected chi connectivity index (χ3v) is 13.8. The van der Waals surface area contributed by atoms with Crippen molar-refractivity contribution < 1.29 is 0 Å². The number of allylic oxidation sites excluding steroid dienone is 4. The summed E-state index contributed by atoms with van der Waals surface area (Å²) in [4.78, 5) is 2.43. The first-order valence-corrected chi connectivity index (χ1v) is 21.0. The molecule has 0 radical (unpaired) electrons. The summed E-state index contributed by atoms with van der Waals surface area (Å²) in [6.45, 7) is 4.73. The maximum atomic E-state index is 2.48. The van der Waals surface area contributed by atoms with Crippen LogP contribution in [0.15, 0.2) is 206 Å². The quantitative estimate of drug-likeness (QED) is 0.169. The van der Waals surface area contributed by atoms with Crippen LogP contribution in [-0.4, -0.2) is 0 Å². The van der Waals surface area contributed by atoms with E-state index in [0.29, 0.717) is 5.92 Å². The van der Waals surface area contributed by atoms with Gasteiger partial charge in [0.05, 0.1) is 5.41 Å². The van der Waals surface area contributed by atoms with Crippen molar-refractivity contribution in [3.05, 3.63) is 245 Å². The van der Waals surface area contributed by atoms with Crippen LogP contribution in [0.25, 0.3) is 44.5 Å². The van der Waals surface area contributed by atoms with Gasteiger partial charge >= 0.3 is 0 Å². The Balaban J connectivity index is 0.974. The Labute approximate surface area is 347 Å². The van der Waals surface area contributed by atoms with E-state index >= 15 is 0 Å². The molecule has 59 heavy (non-hydrogen) atoms. The Morgan fingerprint density at radius 2 is 0.881 bits per heavy atom. The normalized spacial score (nSPS) is 16.5. The van der Waals surface area contributed by atoms with Crippen LogP contribution in [-0.2, 0) is 10.8 Å². The van der Waals surface area contributed by atoms with Gasteiger partial charge in [0.25, 0.3) is 0 Å². The summed E-state index contributed by atoms with van der Waals surface area (Å²) in [5, 5.41) is 0. The van der Waals surface area contributed by atoms with Gasteiger partial charge in [-0.2, -0.15) is 0 Å². The van der Waals surface area contributed by atoms with Gasteiger partial charge in [0.1, 0.15) is 0 Å². The summed E-state index contributed by atoms with van der Waals surface area (Å²) < 4.78 is 0. The monoisotopic (exact) mass is 753 g/mol. The Hall–Kier alpha value is -6.96. The maximum absolute atomic E-state index is 2.48. The van der Waals surface area contributed by atoms with Crippen molar-refractivity contribution in [1.82, 2.24) is 0 Å². The number of fused-ring (bicyclic) bond motifs is 13. The van der Waals surface area contributed by atoms with Crippen LogP contribution in [0.1, 0.15) is 65.1 Å². The molecule has 1 heteroatoms. The fourth-order valence-electron chi connectivity index (χ4n) is 11.1. The van der Waals surface area contributed by atoms with E-state index in [0.717, 1.165) is 17.8 Å². The van der Waals surface area contributed by atoms with Gasteiger partial charge in [-0.25, -0.2) is 0 Å². The van der Waals surface area contributed by atoms with Crippen molar-refractivity contribution in [2.75, 3.05) is 4.90 Å². The van der Waals surface area contributed by atoms with E-state index in [1.807, 2.05) is 0 Å². The van der Waals surface area contributed by atoms with Crippen molar-refractivity contribution in [2.24, 2.45) is 0 Å². The minimum atomic E-state index is -0.358. The predicted octanol–water partition coefficient (Wildman–Crippen LogP) is 15.1. The summed E-state index contributed by atoms with van der Waals surface area (Å²) in [7, 11) is 0. The molecule has 8 aromatic carbocycles. The molecular weight excluding hydrogens is 711 g/mol. The highest BCUT2D eigenvalue weighted by Gasteiger charge is 2.51. The number of benzene rings is 8. The van der Waals surface area contributed by atoms with E-state index in [1.54, 1.807) is 0 Å². The number of hydrogen-bond acceptors (Lipinski definition) is 1. The highest BCUT2D eigenvalue weighted by molar-refractivity contribution is 5.96. The Morgan fingerprint density at radius 1 is 0.407 bits per heavy atom. The second-order valence-corrected chi connectivity index (χ2v) is 17.2. The van der Waals surface area contributed by atoms with E-state index in [1.165, 1.54) is 89.1 Å². The fourth-order valence-corrected chi connectivity index (χ4v) is 11.1. The molecule has 0 fully saturated rings. The van der Waals surface area contributed by atoms with Gasteiger partial charge in [-0.3, -0.25) is 0 Å². The van der Waals surface area contributed by atoms with Gasteiger partial charge in [-0.05, 0) is 132 Å². The van der Waals surface area contributed by atoms with Crippen molar-refractivity contribution in [3.8, 4) is 44.5 Å². The lowest BCUT2D eigenvalue weighted by molar-refractivity contribution is 0.660. The van der Waals surface area contributed by atoms with Crippen molar-refractivity contribution in [1.29, 1.82) is 0 Å². The molecule has 1 atom stereocenters. The predicted molar refractivity (Wildman–Crippen MR) is 246 cm³/mol. The van der Waals surface area contributed by atoms with Gasteiger partial charge in [-0.15, -0.1) is 0 Å². The standard InChI is InChI=1S/C58H43N/c1-57(2)51-20-10-6-16-45(51)49-35-33-44(37-55(49)57)59(42-29-24-39(25-30-42)38-14-4-3-5-15-38)43-31-26-40(27-32-43)41-28-34-50-48-19-9-13-23-54(48)58(56(50)36-41)52-21-11-7-17-46(52)47-18-8-12-22-53(47)58/h3-14,16-38H,15H2,1-2H3. The molecule has 0 amide bonds. The van der Waals surface area contributed by atoms with E-state index in [2.05, 4.69) is 225 Å². The van der Waals surface area contributed by atoms with E-state index in [4.69, 9.17) is 0 Å². The molecule has 0 heterocycles. The Kier molecular flexibility index (Phi) is 7.38. The Morgan fingerprint density at radius 3 is 1.47 bits per heavy atom. The average Bonchev–Trinajstić information content (AvgIpc) is 3.85. The maximum Gasteiger partial charge on any atom is 0.0725 e. The van der Waals surface area contributed by atoms with Crippen LogP contribution in [0.4, 0.5) is 17.1 Å². The van der Waals surface area contributed by atoms with Gasteiger partial charge in [0, 0.05) is 28.4 Å². The van der Waals surface area contributed by atoms with Crippen LogP contribution in [0, 0.1) is 0 Å². The van der Waals surface area contributed by atoms with Gasteiger partial charge in [-0.1, -0.05) is 178 Å². The lowest BCUT2D eigenvalue weighted by Gasteiger charge is -2.30. The molecule has 0 saturated heterocycles. The molecule has 0 aliphatic heterocycles. The molecule has 280 valence electrons. The van der Waals surface area contributed by atoms with Crippen LogP contribution < -0.4 is 4.90 Å². The second kappa shape index (κ2) is 12.8. The highest BCUT2D eigenvalue weighted by atomic mass is 15.1. The summed E-state index contributed by atoms with van der Waals surface area (Å²) in [5.74, 6) is 0.409. The number of nitrogens with zero attached hydrogens (tertiary/aromatic N) is 1. The molecule has 0 bridgehead atoms. The third-order valence-electron chi connectivity index (χ3n) is 13.8. The first-order chi connectivity index (χ1) is 29.0. The summed E-state index contributed by atoms with van der Waals surface area (Å²) in [6.07, 6.45) is 9.94. The number of anilines is 3.